The molecular formula is C26H28N4O2. The summed E-state index contributed by atoms with van der Waals surface area (Å²) in [6.07, 6.45) is 0.893. The topological polar surface area (TPSA) is 70.4 Å². The smallest absolute Gasteiger partial charge is 0.261 e. The Hall–Kier alpha value is -3.22. The van der Waals surface area contributed by atoms with Crippen LogP contribution in [0.5, 0.6) is 5.75 Å². The lowest BCUT2D eigenvalue weighted by molar-refractivity contribution is 0.368. The van der Waals surface area contributed by atoms with Gasteiger partial charge in [0.05, 0.1) is 10.9 Å². The van der Waals surface area contributed by atoms with E-state index < -0.39 is 0 Å². The van der Waals surface area contributed by atoms with Crippen molar-refractivity contribution in [1.29, 1.82) is 0 Å². The summed E-state index contributed by atoms with van der Waals surface area (Å²) in [7, 11) is 4.09. The average Bonchev–Trinajstić information content (AvgIpc) is 2.73. The zero-order valence-corrected chi connectivity index (χ0v) is 18.5. The minimum atomic E-state index is 0.0157. The van der Waals surface area contributed by atoms with Gasteiger partial charge in [0.2, 0.25) is 0 Å². The summed E-state index contributed by atoms with van der Waals surface area (Å²) in [4.78, 5) is 20.7. The van der Waals surface area contributed by atoms with Crippen LogP contribution in [0.4, 0.5) is 0 Å². The first-order chi connectivity index (χ1) is 15.5. The van der Waals surface area contributed by atoms with E-state index >= 15 is 0 Å². The maximum Gasteiger partial charge on any atom is 0.261 e. The van der Waals surface area contributed by atoms with Gasteiger partial charge >= 0.3 is 0 Å². The second kappa shape index (κ2) is 8.37. The van der Waals surface area contributed by atoms with Crippen LogP contribution in [0.1, 0.15) is 18.2 Å². The maximum absolute atomic E-state index is 13.6. The zero-order chi connectivity index (χ0) is 22.2. The molecule has 0 radical (unpaired) electrons. The average molecular weight is 429 g/mol. The van der Waals surface area contributed by atoms with Crippen molar-refractivity contribution in [1.82, 2.24) is 19.8 Å². The molecule has 2 N–H and O–H groups in total. The lowest BCUT2D eigenvalue weighted by Crippen LogP contribution is -2.43. The van der Waals surface area contributed by atoms with E-state index in [0.29, 0.717) is 11.9 Å². The molecule has 0 unspecified atom stereocenters. The summed E-state index contributed by atoms with van der Waals surface area (Å²) in [5, 5.41) is 16.2. The molecule has 2 heterocycles. The molecule has 1 aliphatic heterocycles. The number of hydrogen-bond donors (Lipinski definition) is 2. The minimum Gasteiger partial charge on any atom is -0.508 e. The molecule has 4 aromatic rings. The van der Waals surface area contributed by atoms with Crippen molar-refractivity contribution in [3.8, 4) is 16.9 Å². The molecule has 6 nitrogen and oxygen atoms in total. The van der Waals surface area contributed by atoms with E-state index in [4.69, 9.17) is 4.98 Å². The van der Waals surface area contributed by atoms with E-state index in [1.165, 1.54) is 0 Å². The van der Waals surface area contributed by atoms with Crippen molar-refractivity contribution in [2.45, 2.75) is 18.9 Å². The molecule has 0 saturated carbocycles. The van der Waals surface area contributed by atoms with Crippen LogP contribution in [-0.4, -0.2) is 53.3 Å². The fourth-order valence-corrected chi connectivity index (χ4v) is 4.48. The highest BCUT2D eigenvalue weighted by atomic mass is 16.3. The molecular weight excluding hydrogens is 400 g/mol. The number of fused-ring (bicyclic) bond motifs is 2. The summed E-state index contributed by atoms with van der Waals surface area (Å²) in [5.74, 6) is 1.38. The minimum absolute atomic E-state index is 0.0157. The predicted octanol–water partition coefficient (Wildman–Crippen LogP) is 3.56. The molecule has 0 atom stereocenters. The number of phenols is 1. The highest BCUT2D eigenvalue weighted by Crippen LogP contribution is 2.33. The Balaban J connectivity index is 1.65. The molecule has 32 heavy (non-hydrogen) atoms. The SMILES string of the molecule is CN(C)CCCn1c(C2CNC2)nc2ccc(-c3cc(O)cc4ccccc34)cc2c1=O. The number of rotatable bonds is 6. The van der Waals surface area contributed by atoms with E-state index in [2.05, 4.69) is 10.2 Å². The molecule has 1 aliphatic rings. The van der Waals surface area contributed by atoms with Gasteiger partial charge in [0, 0.05) is 25.6 Å². The van der Waals surface area contributed by atoms with Crippen molar-refractivity contribution in [2.75, 3.05) is 33.7 Å². The van der Waals surface area contributed by atoms with Crippen molar-refractivity contribution >= 4 is 21.7 Å². The Morgan fingerprint density at radius 1 is 1.09 bits per heavy atom. The number of nitrogens with zero attached hydrogens (tertiary/aromatic N) is 3. The van der Waals surface area contributed by atoms with Crippen LogP contribution >= 0.6 is 0 Å². The first-order valence-electron chi connectivity index (χ1n) is 11.1. The third-order valence-electron chi connectivity index (χ3n) is 6.27. The zero-order valence-electron chi connectivity index (χ0n) is 18.5. The Kier molecular flexibility index (Phi) is 5.41. The first-order valence-corrected chi connectivity index (χ1v) is 11.1. The van der Waals surface area contributed by atoms with E-state index in [1.54, 1.807) is 12.1 Å². The molecule has 0 amide bonds. The summed E-state index contributed by atoms with van der Waals surface area (Å²) in [6, 6.07) is 17.4. The fraction of sp³-hybridized carbons (Fsp3) is 0.308. The van der Waals surface area contributed by atoms with Crippen LogP contribution in [0.15, 0.2) is 59.4 Å². The molecule has 1 aromatic heterocycles. The lowest BCUT2D eigenvalue weighted by atomic mass is 9.96. The summed E-state index contributed by atoms with van der Waals surface area (Å²) < 4.78 is 1.88. The predicted molar refractivity (Wildman–Crippen MR) is 129 cm³/mol. The van der Waals surface area contributed by atoms with Crippen molar-refractivity contribution in [3.63, 3.8) is 0 Å². The molecule has 0 bridgehead atoms. The fourth-order valence-electron chi connectivity index (χ4n) is 4.48. The van der Waals surface area contributed by atoms with Crippen molar-refractivity contribution < 1.29 is 5.11 Å². The van der Waals surface area contributed by atoms with Gasteiger partial charge in [-0.25, -0.2) is 4.98 Å². The van der Waals surface area contributed by atoms with E-state index in [9.17, 15) is 9.90 Å². The van der Waals surface area contributed by atoms with Gasteiger partial charge in [0.1, 0.15) is 11.6 Å². The third-order valence-corrected chi connectivity index (χ3v) is 6.27. The molecule has 1 fully saturated rings. The second-order valence-corrected chi connectivity index (χ2v) is 8.89. The van der Waals surface area contributed by atoms with Gasteiger partial charge in [0.15, 0.2) is 0 Å². The summed E-state index contributed by atoms with van der Waals surface area (Å²) >= 11 is 0. The molecule has 1 saturated heterocycles. The molecule has 5 rings (SSSR count). The monoisotopic (exact) mass is 428 g/mol. The van der Waals surface area contributed by atoms with Gasteiger partial charge in [-0.1, -0.05) is 30.3 Å². The van der Waals surface area contributed by atoms with E-state index in [-0.39, 0.29) is 17.2 Å². The summed E-state index contributed by atoms with van der Waals surface area (Å²) in [6.45, 7) is 3.30. The van der Waals surface area contributed by atoms with Crippen LogP contribution in [-0.2, 0) is 6.54 Å². The number of phenolic OH excluding ortho intramolecular Hbond substituents is 1. The molecule has 164 valence electrons. The number of hydrogen-bond acceptors (Lipinski definition) is 5. The number of nitrogens with one attached hydrogen (secondary N) is 1. The van der Waals surface area contributed by atoms with Gasteiger partial charge in [-0.2, -0.15) is 0 Å². The molecule has 0 aliphatic carbocycles. The highest BCUT2D eigenvalue weighted by Gasteiger charge is 2.25. The molecule has 0 spiro atoms. The van der Waals surface area contributed by atoms with Crippen molar-refractivity contribution in [2.24, 2.45) is 0 Å². The van der Waals surface area contributed by atoms with Crippen LogP contribution in [0.25, 0.3) is 32.8 Å². The van der Waals surface area contributed by atoms with E-state index in [0.717, 1.165) is 59.3 Å². The van der Waals surface area contributed by atoms with Crippen molar-refractivity contribution in [3.05, 3.63) is 70.8 Å². The lowest BCUT2D eigenvalue weighted by Gasteiger charge is -2.29. The Morgan fingerprint density at radius 3 is 2.66 bits per heavy atom. The molecule has 3 aromatic carbocycles. The normalized spacial score (nSPS) is 14.3. The largest absolute Gasteiger partial charge is 0.508 e. The Morgan fingerprint density at radius 2 is 1.91 bits per heavy atom. The van der Waals surface area contributed by atoms with Gasteiger partial charge < -0.3 is 15.3 Å². The van der Waals surface area contributed by atoms with Crippen LogP contribution in [0, 0.1) is 0 Å². The van der Waals surface area contributed by atoms with Gasteiger partial charge in [-0.3, -0.25) is 9.36 Å². The third kappa shape index (κ3) is 3.76. The quantitative estimate of drug-likeness (QED) is 0.491. The van der Waals surface area contributed by atoms with Gasteiger partial charge in [-0.15, -0.1) is 0 Å². The maximum atomic E-state index is 13.6. The number of aromatic nitrogens is 2. The highest BCUT2D eigenvalue weighted by molar-refractivity contribution is 5.99. The molecule has 6 heteroatoms. The summed E-state index contributed by atoms with van der Waals surface area (Å²) in [5.41, 5.74) is 2.56. The van der Waals surface area contributed by atoms with E-state index in [1.807, 2.05) is 61.1 Å². The first kappa shape index (κ1) is 20.7. The number of aromatic hydroxyl groups is 1. The second-order valence-electron chi connectivity index (χ2n) is 8.89. The Labute approximate surface area is 187 Å². The number of benzene rings is 3. The Bertz CT molecular complexity index is 1360. The standard InChI is InChI=1S/C26H28N4O2/c1-29(2)10-5-11-30-25(19-15-27-16-19)28-24-9-8-18(13-23(24)26(30)32)22-14-20(31)12-17-6-3-4-7-21(17)22/h3-4,6-9,12-14,19,27,31H,5,10-11,15-16H2,1-2H3. The van der Waals surface area contributed by atoms with Crippen LogP contribution < -0.4 is 10.9 Å². The van der Waals surface area contributed by atoms with Crippen LogP contribution in [0.3, 0.4) is 0 Å². The van der Waals surface area contributed by atoms with Crippen LogP contribution in [0.2, 0.25) is 0 Å². The van der Waals surface area contributed by atoms with Gasteiger partial charge in [-0.05, 0) is 73.2 Å². The van der Waals surface area contributed by atoms with Gasteiger partial charge in [0.25, 0.3) is 5.56 Å².